The molecule has 25 heavy (non-hydrogen) atoms. The number of hydrogen-bond donors (Lipinski definition) is 1. The Hall–Kier alpha value is -2.95. The van der Waals surface area contributed by atoms with E-state index in [1.165, 1.54) is 0 Å². The molecule has 3 aromatic rings. The smallest absolute Gasteiger partial charge is 0.227 e. The Morgan fingerprint density at radius 1 is 1.12 bits per heavy atom. The lowest BCUT2D eigenvalue weighted by Gasteiger charge is -2.21. The largest absolute Gasteiger partial charge is 0.486 e. The molecular formula is C20H20N2O3. The Morgan fingerprint density at radius 3 is 2.80 bits per heavy atom. The molecule has 5 nitrogen and oxygen atoms in total. The number of aromatic nitrogens is 1. The maximum Gasteiger partial charge on any atom is 0.227 e. The Kier molecular flexibility index (Phi) is 4.06. The van der Waals surface area contributed by atoms with Crippen LogP contribution in [0, 0.1) is 0 Å². The number of aromatic amines is 1. The summed E-state index contributed by atoms with van der Waals surface area (Å²) in [5, 5.41) is 1.10. The van der Waals surface area contributed by atoms with Crippen LogP contribution < -0.4 is 9.47 Å². The fraction of sp³-hybridized carbons (Fsp3) is 0.250. The first kappa shape index (κ1) is 15.6. The highest BCUT2D eigenvalue weighted by molar-refractivity contribution is 5.88. The van der Waals surface area contributed by atoms with Crippen LogP contribution in [0.5, 0.6) is 11.5 Å². The van der Waals surface area contributed by atoms with Gasteiger partial charge in [0.05, 0.1) is 6.42 Å². The molecule has 1 N–H and O–H groups in total. The molecule has 2 aromatic carbocycles. The number of nitrogens with zero attached hydrogens (tertiary/aromatic N) is 1. The summed E-state index contributed by atoms with van der Waals surface area (Å²) in [5.74, 6) is 1.60. The van der Waals surface area contributed by atoms with Gasteiger partial charge in [0, 0.05) is 30.7 Å². The zero-order valence-corrected chi connectivity index (χ0v) is 14.1. The van der Waals surface area contributed by atoms with E-state index in [4.69, 9.17) is 9.47 Å². The summed E-state index contributed by atoms with van der Waals surface area (Å²) in [4.78, 5) is 17.6. The first-order valence-electron chi connectivity index (χ1n) is 8.38. The molecule has 0 atom stereocenters. The highest BCUT2D eigenvalue weighted by Crippen LogP contribution is 2.31. The van der Waals surface area contributed by atoms with Crippen LogP contribution in [0.1, 0.15) is 11.1 Å². The second-order valence-electron chi connectivity index (χ2n) is 6.26. The molecule has 4 rings (SSSR count). The van der Waals surface area contributed by atoms with E-state index >= 15 is 0 Å². The third kappa shape index (κ3) is 3.18. The molecule has 0 saturated carbocycles. The third-order valence-corrected chi connectivity index (χ3v) is 4.47. The first-order valence-corrected chi connectivity index (χ1v) is 8.38. The molecule has 1 aliphatic heterocycles. The average Bonchev–Trinajstić information content (AvgIpc) is 3.04. The van der Waals surface area contributed by atoms with Crippen LogP contribution in [0.15, 0.2) is 48.7 Å². The molecule has 0 saturated heterocycles. The fourth-order valence-corrected chi connectivity index (χ4v) is 3.12. The number of para-hydroxylation sites is 1. The van der Waals surface area contributed by atoms with E-state index in [2.05, 4.69) is 4.98 Å². The van der Waals surface area contributed by atoms with Crippen LogP contribution in [0.4, 0.5) is 0 Å². The van der Waals surface area contributed by atoms with Gasteiger partial charge in [-0.3, -0.25) is 4.79 Å². The lowest BCUT2D eigenvalue weighted by atomic mass is 10.1. The summed E-state index contributed by atoms with van der Waals surface area (Å²) >= 11 is 0. The van der Waals surface area contributed by atoms with Crippen LogP contribution >= 0.6 is 0 Å². The Balaban J connectivity index is 1.45. The predicted molar refractivity (Wildman–Crippen MR) is 95.9 cm³/mol. The third-order valence-electron chi connectivity index (χ3n) is 4.47. The van der Waals surface area contributed by atoms with Gasteiger partial charge in [0.25, 0.3) is 0 Å². The number of H-pyrrole nitrogens is 1. The quantitative estimate of drug-likeness (QED) is 0.796. The maximum absolute atomic E-state index is 12.6. The van der Waals surface area contributed by atoms with Crippen molar-refractivity contribution in [3.05, 3.63) is 59.8 Å². The Morgan fingerprint density at radius 2 is 1.92 bits per heavy atom. The van der Waals surface area contributed by atoms with Crippen LogP contribution in [-0.4, -0.2) is 36.1 Å². The zero-order valence-electron chi connectivity index (χ0n) is 14.1. The highest BCUT2D eigenvalue weighted by atomic mass is 16.6. The van der Waals surface area contributed by atoms with Gasteiger partial charge in [-0.25, -0.2) is 0 Å². The van der Waals surface area contributed by atoms with E-state index < -0.39 is 0 Å². The predicted octanol–water partition coefficient (Wildman–Crippen LogP) is 3.14. The second kappa shape index (κ2) is 6.51. The van der Waals surface area contributed by atoms with Crippen molar-refractivity contribution >= 4 is 16.8 Å². The Bertz CT molecular complexity index is 916. The molecule has 0 radical (unpaired) electrons. The summed E-state index contributed by atoms with van der Waals surface area (Å²) < 4.78 is 11.1. The average molecular weight is 336 g/mol. The molecule has 0 unspecified atom stereocenters. The van der Waals surface area contributed by atoms with Crippen LogP contribution in [0.25, 0.3) is 10.9 Å². The van der Waals surface area contributed by atoms with Gasteiger partial charge >= 0.3 is 0 Å². The lowest BCUT2D eigenvalue weighted by Crippen LogP contribution is -2.27. The van der Waals surface area contributed by atoms with E-state index in [0.717, 1.165) is 33.5 Å². The van der Waals surface area contributed by atoms with Crippen molar-refractivity contribution in [2.45, 2.75) is 13.0 Å². The molecule has 5 heteroatoms. The first-order chi connectivity index (χ1) is 12.2. The normalized spacial score (nSPS) is 13.0. The maximum atomic E-state index is 12.6. The van der Waals surface area contributed by atoms with Crippen molar-refractivity contribution in [1.29, 1.82) is 0 Å². The lowest BCUT2D eigenvalue weighted by molar-refractivity contribution is -0.129. The number of amides is 1. The number of rotatable bonds is 4. The van der Waals surface area contributed by atoms with Crippen molar-refractivity contribution in [1.82, 2.24) is 9.88 Å². The number of carbonyl (C=O) groups is 1. The molecule has 1 aromatic heterocycles. The van der Waals surface area contributed by atoms with Crippen molar-refractivity contribution < 1.29 is 14.3 Å². The van der Waals surface area contributed by atoms with E-state index in [0.29, 0.717) is 26.2 Å². The van der Waals surface area contributed by atoms with Crippen LogP contribution in [0.2, 0.25) is 0 Å². The minimum atomic E-state index is 0.0830. The van der Waals surface area contributed by atoms with E-state index in [-0.39, 0.29) is 5.91 Å². The van der Waals surface area contributed by atoms with Crippen molar-refractivity contribution in [2.75, 3.05) is 20.3 Å². The number of carbonyl (C=O) groups excluding carboxylic acids is 1. The SMILES string of the molecule is CN(Cc1ccc2c(c1)OCCO2)C(=O)Cc1c[nH]c2ccccc12. The van der Waals surface area contributed by atoms with Gasteiger partial charge in [0.2, 0.25) is 5.91 Å². The van der Waals surface area contributed by atoms with E-state index in [9.17, 15) is 4.79 Å². The number of likely N-dealkylation sites (N-methyl/N-ethyl adjacent to an activating group) is 1. The van der Waals surface area contributed by atoms with Crippen molar-refractivity contribution in [3.8, 4) is 11.5 Å². The number of hydrogen-bond acceptors (Lipinski definition) is 3. The van der Waals surface area contributed by atoms with Gasteiger partial charge in [-0.2, -0.15) is 0 Å². The molecule has 0 spiro atoms. The fourth-order valence-electron chi connectivity index (χ4n) is 3.12. The molecular weight excluding hydrogens is 316 g/mol. The topological polar surface area (TPSA) is 54.6 Å². The number of fused-ring (bicyclic) bond motifs is 2. The summed E-state index contributed by atoms with van der Waals surface area (Å²) in [6, 6.07) is 13.9. The molecule has 0 bridgehead atoms. The van der Waals surface area contributed by atoms with E-state index in [1.54, 1.807) is 4.90 Å². The number of nitrogens with one attached hydrogen (secondary N) is 1. The summed E-state index contributed by atoms with van der Waals surface area (Å²) in [6.07, 6.45) is 2.30. The minimum Gasteiger partial charge on any atom is -0.486 e. The molecule has 2 heterocycles. The Labute approximate surface area is 146 Å². The highest BCUT2D eigenvalue weighted by Gasteiger charge is 2.16. The van der Waals surface area contributed by atoms with Gasteiger partial charge in [-0.1, -0.05) is 24.3 Å². The monoisotopic (exact) mass is 336 g/mol. The minimum absolute atomic E-state index is 0.0830. The standard InChI is InChI=1S/C20H20N2O3/c1-22(13-14-6-7-18-19(10-14)25-9-8-24-18)20(23)11-15-12-21-17-5-3-2-4-16(15)17/h2-7,10,12,21H,8-9,11,13H2,1H3. The zero-order chi connectivity index (χ0) is 17.2. The number of benzene rings is 2. The van der Waals surface area contributed by atoms with Crippen LogP contribution in [-0.2, 0) is 17.8 Å². The van der Waals surface area contributed by atoms with E-state index in [1.807, 2.05) is 55.7 Å². The van der Waals surface area contributed by atoms with Gasteiger partial charge in [-0.15, -0.1) is 0 Å². The molecule has 1 amide bonds. The summed E-state index contributed by atoms with van der Waals surface area (Å²) in [7, 11) is 1.83. The van der Waals surface area contributed by atoms with Crippen molar-refractivity contribution in [3.63, 3.8) is 0 Å². The van der Waals surface area contributed by atoms with Gasteiger partial charge in [-0.05, 0) is 29.3 Å². The second-order valence-corrected chi connectivity index (χ2v) is 6.26. The van der Waals surface area contributed by atoms with Gasteiger partial charge in [0.15, 0.2) is 11.5 Å². The number of ether oxygens (including phenoxy) is 2. The van der Waals surface area contributed by atoms with Gasteiger partial charge < -0.3 is 19.4 Å². The van der Waals surface area contributed by atoms with Crippen LogP contribution in [0.3, 0.4) is 0 Å². The molecule has 128 valence electrons. The molecule has 0 fully saturated rings. The molecule has 0 aliphatic carbocycles. The van der Waals surface area contributed by atoms with Gasteiger partial charge in [0.1, 0.15) is 13.2 Å². The summed E-state index contributed by atoms with van der Waals surface area (Å²) in [5.41, 5.74) is 3.11. The molecule has 1 aliphatic rings. The summed E-state index contributed by atoms with van der Waals surface area (Å²) in [6.45, 7) is 1.68. The van der Waals surface area contributed by atoms with Crippen molar-refractivity contribution in [2.24, 2.45) is 0 Å².